The van der Waals surface area contributed by atoms with E-state index in [1.807, 2.05) is 0 Å². The number of halogens is 11. The minimum atomic E-state index is -5.13. The van der Waals surface area contributed by atoms with Crippen molar-refractivity contribution < 1.29 is 44.3 Å². The first-order valence-corrected chi connectivity index (χ1v) is 9.35. The lowest BCUT2D eigenvalue weighted by Crippen LogP contribution is -2.14. The maximum absolute atomic E-state index is 13.4. The number of alkyl halides is 9. The van der Waals surface area contributed by atoms with Gasteiger partial charge in [-0.3, -0.25) is 0 Å². The first kappa shape index (κ1) is 25.0. The smallest absolute Gasteiger partial charge is 0.423 e. The highest BCUT2D eigenvalue weighted by molar-refractivity contribution is 6.35. The van der Waals surface area contributed by atoms with Crippen LogP contribution in [-0.2, 0) is 25.1 Å². The predicted molar refractivity (Wildman–Crippen MR) is 99.4 cm³/mol. The Morgan fingerprint density at radius 2 is 1.36 bits per heavy atom. The van der Waals surface area contributed by atoms with Crippen molar-refractivity contribution in [1.29, 1.82) is 0 Å². The third-order valence-corrected chi connectivity index (χ3v) is 4.73. The largest absolute Gasteiger partial charge is 0.472 e. The zero-order valence-corrected chi connectivity index (χ0v) is 17.2. The molecule has 0 amide bonds. The normalized spacial score (nSPS) is 12.8. The number of aromatic nitrogens is 2. The molecule has 0 N–H and O–H groups in total. The van der Waals surface area contributed by atoms with Gasteiger partial charge < -0.3 is 4.74 Å². The lowest BCUT2D eigenvalue weighted by molar-refractivity contribution is -0.143. The number of benzene rings is 2. The summed E-state index contributed by atoms with van der Waals surface area (Å²) in [4.78, 5) is 0. The Morgan fingerprint density at radius 3 is 1.85 bits per heavy atom. The van der Waals surface area contributed by atoms with Gasteiger partial charge >= 0.3 is 18.5 Å². The van der Waals surface area contributed by atoms with Gasteiger partial charge in [-0.2, -0.15) is 49.3 Å². The van der Waals surface area contributed by atoms with Crippen molar-refractivity contribution in [2.45, 2.75) is 25.1 Å². The molecule has 0 spiro atoms. The molecule has 3 rings (SSSR count). The summed E-state index contributed by atoms with van der Waals surface area (Å²) in [5.74, 6) is -0.988. The molecule has 0 radical (unpaired) electrons. The minimum Gasteiger partial charge on any atom is -0.472 e. The number of ether oxygens (including phenoxy) is 1. The molecular formula is C19H9Cl2F9N2O. The van der Waals surface area contributed by atoms with Crippen molar-refractivity contribution in [3.05, 3.63) is 74.9 Å². The quantitative estimate of drug-likeness (QED) is 0.326. The molecule has 0 aliphatic rings. The van der Waals surface area contributed by atoms with Crippen molar-refractivity contribution in [3.63, 3.8) is 0 Å². The van der Waals surface area contributed by atoms with Crippen molar-refractivity contribution in [3.8, 4) is 11.6 Å². The molecule has 0 fully saturated rings. The van der Waals surface area contributed by atoms with Crippen LogP contribution in [0.5, 0.6) is 5.88 Å². The van der Waals surface area contributed by atoms with Crippen LogP contribution in [0, 0.1) is 0 Å². The van der Waals surface area contributed by atoms with E-state index in [2.05, 4.69) is 5.10 Å². The van der Waals surface area contributed by atoms with Crippen molar-refractivity contribution in [2.24, 2.45) is 0 Å². The Kier molecular flexibility index (Phi) is 6.55. The van der Waals surface area contributed by atoms with Crippen LogP contribution >= 0.6 is 23.2 Å². The molecule has 2 aromatic carbocycles. The maximum atomic E-state index is 13.4. The molecule has 0 unspecified atom stereocenters. The Labute approximate surface area is 189 Å². The van der Waals surface area contributed by atoms with Gasteiger partial charge in [0.05, 0.1) is 28.0 Å². The summed E-state index contributed by atoms with van der Waals surface area (Å²) < 4.78 is 124. The van der Waals surface area contributed by atoms with Gasteiger partial charge in [-0.25, -0.2) is 0 Å². The number of rotatable bonds is 4. The van der Waals surface area contributed by atoms with Crippen LogP contribution in [0.1, 0.15) is 22.3 Å². The van der Waals surface area contributed by atoms with Gasteiger partial charge in [0.25, 0.3) is 0 Å². The number of hydrogen-bond donors (Lipinski definition) is 0. The average Bonchev–Trinajstić information content (AvgIpc) is 3.09. The second-order valence-corrected chi connectivity index (χ2v) is 7.42. The Hall–Kier alpha value is -2.60. The first-order valence-electron chi connectivity index (χ1n) is 8.59. The monoisotopic (exact) mass is 522 g/mol. The van der Waals surface area contributed by atoms with Gasteiger partial charge in [0.15, 0.2) is 0 Å². The summed E-state index contributed by atoms with van der Waals surface area (Å²) in [5.41, 5.74) is -5.48. The summed E-state index contributed by atoms with van der Waals surface area (Å²) in [5, 5.41) is 3.57. The van der Waals surface area contributed by atoms with Gasteiger partial charge in [0.1, 0.15) is 12.2 Å². The van der Waals surface area contributed by atoms with Crippen LogP contribution in [0.4, 0.5) is 39.5 Å². The number of hydrogen-bond acceptors (Lipinski definition) is 2. The third kappa shape index (κ3) is 5.67. The standard InChI is InChI=1S/C19H9Cl2F9N2O/c20-12-1-2-15(14(21)6-12)32-16(13(7-31-32)19(28,29)30)33-8-9-3-10(17(22,23)24)5-11(4-9)18(25,26)27/h1-7H,8H2. The van der Waals surface area contributed by atoms with E-state index in [1.54, 1.807) is 0 Å². The van der Waals surface area contributed by atoms with Crippen LogP contribution in [0.25, 0.3) is 5.69 Å². The van der Waals surface area contributed by atoms with Gasteiger partial charge in [0, 0.05) is 5.02 Å². The topological polar surface area (TPSA) is 27.1 Å². The van der Waals surface area contributed by atoms with Gasteiger partial charge in [0.2, 0.25) is 5.88 Å². The molecule has 0 saturated carbocycles. The van der Waals surface area contributed by atoms with Crippen LogP contribution in [0.3, 0.4) is 0 Å². The summed E-state index contributed by atoms with van der Waals surface area (Å²) >= 11 is 11.7. The molecule has 0 aliphatic heterocycles. The molecule has 3 aromatic rings. The van der Waals surface area contributed by atoms with Crippen molar-refractivity contribution in [2.75, 3.05) is 0 Å². The summed E-state index contributed by atoms with van der Waals surface area (Å²) in [7, 11) is 0. The molecule has 0 bridgehead atoms. The van der Waals surface area contributed by atoms with E-state index in [-0.39, 0.29) is 21.8 Å². The third-order valence-electron chi connectivity index (χ3n) is 4.19. The Bertz CT molecular complexity index is 1140. The fraction of sp³-hybridized carbons (Fsp3) is 0.211. The van der Waals surface area contributed by atoms with E-state index >= 15 is 0 Å². The molecule has 3 nitrogen and oxygen atoms in total. The molecule has 1 heterocycles. The van der Waals surface area contributed by atoms with Crippen LogP contribution in [0.2, 0.25) is 10.0 Å². The van der Waals surface area contributed by atoms with Crippen LogP contribution in [0.15, 0.2) is 42.6 Å². The molecule has 33 heavy (non-hydrogen) atoms. The number of nitrogens with zero attached hydrogens (tertiary/aromatic N) is 2. The minimum absolute atomic E-state index is 0.109. The highest BCUT2D eigenvalue weighted by Gasteiger charge is 2.39. The molecule has 0 saturated heterocycles. The molecule has 0 atom stereocenters. The molecule has 0 aliphatic carbocycles. The second kappa shape index (κ2) is 8.64. The predicted octanol–water partition coefficient (Wildman–Crippen LogP) is 7.81. The van der Waals surface area contributed by atoms with Crippen LogP contribution < -0.4 is 4.74 Å². The van der Waals surface area contributed by atoms with Crippen molar-refractivity contribution in [1.82, 2.24) is 9.78 Å². The lowest BCUT2D eigenvalue weighted by Gasteiger charge is -2.16. The second-order valence-electron chi connectivity index (χ2n) is 6.57. The summed E-state index contributed by atoms with van der Waals surface area (Å²) in [6.07, 6.45) is -14.9. The molecular weight excluding hydrogens is 514 g/mol. The summed E-state index contributed by atoms with van der Waals surface area (Å²) in [6.45, 7) is -1.06. The lowest BCUT2D eigenvalue weighted by atomic mass is 10.1. The summed E-state index contributed by atoms with van der Waals surface area (Å²) in [6, 6.07) is 4.26. The Balaban J connectivity index is 2.06. The van der Waals surface area contributed by atoms with E-state index in [1.165, 1.54) is 18.2 Å². The average molecular weight is 523 g/mol. The van der Waals surface area contributed by atoms with Gasteiger partial charge in [-0.05, 0) is 42.0 Å². The van der Waals surface area contributed by atoms with E-state index in [0.29, 0.717) is 23.0 Å². The fourth-order valence-electron chi connectivity index (χ4n) is 2.75. The highest BCUT2D eigenvalue weighted by Crippen LogP contribution is 2.40. The fourth-order valence-corrected chi connectivity index (χ4v) is 3.24. The SMILES string of the molecule is FC(F)(F)c1cc(COc2c(C(F)(F)F)cnn2-c2ccc(Cl)cc2Cl)cc(C(F)(F)F)c1. The van der Waals surface area contributed by atoms with Gasteiger partial charge in [-0.1, -0.05) is 23.2 Å². The first-order chi connectivity index (χ1) is 15.1. The van der Waals surface area contributed by atoms with E-state index in [4.69, 9.17) is 27.9 Å². The molecule has 1 aromatic heterocycles. The molecule has 178 valence electrons. The van der Waals surface area contributed by atoms with Crippen LogP contribution in [-0.4, -0.2) is 9.78 Å². The van der Waals surface area contributed by atoms with Crippen molar-refractivity contribution >= 4 is 23.2 Å². The van der Waals surface area contributed by atoms with E-state index in [9.17, 15) is 39.5 Å². The zero-order valence-electron chi connectivity index (χ0n) is 15.7. The molecule has 14 heteroatoms. The van der Waals surface area contributed by atoms with E-state index < -0.39 is 53.3 Å². The van der Waals surface area contributed by atoms with E-state index in [0.717, 1.165) is 0 Å². The Morgan fingerprint density at radius 1 is 0.788 bits per heavy atom. The highest BCUT2D eigenvalue weighted by atomic mass is 35.5. The zero-order chi connectivity index (χ0) is 24.8. The maximum Gasteiger partial charge on any atom is 0.423 e. The van der Waals surface area contributed by atoms with Gasteiger partial charge in [-0.15, -0.1) is 0 Å².